The molecule has 0 bridgehead atoms. The molecule has 0 aromatic carbocycles. The molecule has 1 N–H and O–H groups in total. The van der Waals surface area contributed by atoms with E-state index in [0.717, 1.165) is 18.8 Å². The van der Waals surface area contributed by atoms with Crippen molar-refractivity contribution in [2.24, 2.45) is 0 Å². The van der Waals surface area contributed by atoms with Crippen molar-refractivity contribution in [3.63, 3.8) is 0 Å². The van der Waals surface area contributed by atoms with Crippen LogP contribution in [-0.4, -0.2) is 19.9 Å². The first-order chi connectivity index (χ1) is 7.79. The van der Waals surface area contributed by atoms with Gasteiger partial charge in [0.05, 0.1) is 12.2 Å². The number of hydrogen-bond acceptors (Lipinski definition) is 5. The molecule has 2 aromatic rings. The average molecular weight is 221 g/mol. The van der Waals surface area contributed by atoms with E-state index >= 15 is 0 Å². The van der Waals surface area contributed by atoms with Crippen molar-refractivity contribution < 1.29 is 4.52 Å². The second kappa shape index (κ2) is 4.89. The third-order valence-corrected chi connectivity index (χ3v) is 2.26. The topological polar surface area (TPSA) is 68.8 Å². The van der Waals surface area contributed by atoms with Crippen LogP contribution in [0, 0.1) is 6.92 Å². The molecule has 0 atom stereocenters. The van der Waals surface area contributed by atoms with Crippen LogP contribution in [-0.2, 0) is 19.6 Å². The molecular weight excluding hydrogens is 206 g/mol. The van der Waals surface area contributed by atoms with Crippen LogP contribution in [0.1, 0.15) is 24.3 Å². The van der Waals surface area contributed by atoms with E-state index in [2.05, 4.69) is 27.5 Å². The fraction of sp³-hybridized carbons (Fsp3) is 0.500. The molecule has 0 aliphatic heterocycles. The lowest BCUT2D eigenvalue weighted by molar-refractivity contribution is 0.385. The fourth-order valence-electron chi connectivity index (χ4n) is 1.51. The predicted octanol–water partition coefficient (Wildman–Crippen LogP) is 0.884. The number of nitrogens with zero attached hydrogens (tertiary/aromatic N) is 4. The molecule has 6 heteroatoms. The van der Waals surface area contributed by atoms with Gasteiger partial charge in [0.2, 0.25) is 5.89 Å². The van der Waals surface area contributed by atoms with Gasteiger partial charge in [-0.3, -0.25) is 4.68 Å². The zero-order chi connectivity index (χ0) is 11.4. The molecule has 86 valence electrons. The highest BCUT2D eigenvalue weighted by Gasteiger charge is 2.03. The van der Waals surface area contributed by atoms with Crippen molar-refractivity contribution in [1.29, 1.82) is 0 Å². The number of aromatic nitrogens is 4. The van der Waals surface area contributed by atoms with Crippen molar-refractivity contribution in [1.82, 2.24) is 25.2 Å². The fourth-order valence-corrected chi connectivity index (χ4v) is 1.51. The minimum Gasteiger partial charge on any atom is -0.340 e. The van der Waals surface area contributed by atoms with Crippen LogP contribution < -0.4 is 5.32 Å². The van der Waals surface area contributed by atoms with E-state index in [9.17, 15) is 0 Å². The summed E-state index contributed by atoms with van der Waals surface area (Å²) in [7, 11) is 0. The zero-order valence-corrected chi connectivity index (χ0v) is 9.47. The van der Waals surface area contributed by atoms with Gasteiger partial charge in [-0.05, 0) is 13.0 Å². The van der Waals surface area contributed by atoms with Crippen molar-refractivity contribution in [2.75, 3.05) is 0 Å². The Balaban J connectivity index is 1.84. The summed E-state index contributed by atoms with van der Waals surface area (Å²) in [6.07, 6.45) is 1.80. The summed E-state index contributed by atoms with van der Waals surface area (Å²) < 4.78 is 6.83. The number of rotatable bonds is 5. The summed E-state index contributed by atoms with van der Waals surface area (Å²) in [5.41, 5.74) is 1.16. The lowest BCUT2D eigenvalue weighted by atomic mass is 10.4. The Morgan fingerprint density at radius 3 is 3.00 bits per heavy atom. The first kappa shape index (κ1) is 10.8. The van der Waals surface area contributed by atoms with Gasteiger partial charge in [-0.1, -0.05) is 5.16 Å². The second-order valence-electron chi connectivity index (χ2n) is 3.47. The molecule has 0 aliphatic rings. The Morgan fingerprint density at radius 2 is 2.31 bits per heavy atom. The van der Waals surface area contributed by atoms with Gasteiger partial charge in [-0.15, -0.1) is 0 Å². The van der Waals surface area contributed by atoms with E-state index in [4.69, 9.17) is 4.52 Å². The van der Waals surface area contributed by atoms with Crippen molar-refractivity contribution in [2.45, 2.75) is 33.5 Å². The van der Waals surface area contributed by atoms with Gasteiger partial charge in [0.1, 0.15) is 0 Å². The van der Waals surface area contributed by atoms with E-state index in [0.29, 0.717) is 18.3 Å². The Labute approximate surface area is 93.7 Å². The highest BCUT2D eigenvalue weighted by atomic mass is 16.5. The van der Waals surface area contributed by atoms with Crippen LogP contribution in [0.2, 0.25) is 0 Å². The summed E-state index contributed by atoms with van der Waals surface area (Å²) in [5, 5.41) is 11.2. The molecule has 0 amide bonds. The van der Waals surface area contributed by atoms with Crippen molar-refractivity contribution in [3.05, 3.63) is 29.7 Å². The SMILES string of the molecule is CCn1nccc1CNCc1noc(C)n1. The van der Waals surface area contributed by atoms with Gasteiger partial charge >= 0.3 is 0 Å². The highest BCUT2D eigenvalue weighted by molar-refractivity contribution is 5.00. The maximum atomic E-state index is 4.88. The van der Waals surface area contributed by atoms with E-state index in [1.54, 1.807) is 13.1 Å². The Bertz CT molecular complexity index is 448. The molecule has 0 aliphatic carbocycles. The number of aryl methyl sites for hydroxylation is 2. The van der Waals surface area contributed by atoms with Gasteiger partial charge < -0.3 is 9.84 Å². The molecule has 2 rings (SSSR count). The van der Waals surface area contributed by atoms with Crippen LogP contribution in [0.5, 0.6) is 0 Å². The largest absolute Gasteiger partial charge is 0.340 e. The predicted molar refractivity (Wildman–Crippen MR) is 57.5 cm³/mol. The monoisotopic (exact) mass is 221 g/mol. The minimum atomic E-state index is 0.593. The molecular formula is C10H15N5O. The molecule has 0 radical (unpaired) electrons. The third kappa shape index (κ3) is 2.46. The molecule has 0 unspecified atom stereocenters. The van der Waals surface area contributed by atoms with Crippen LogP contribution in [0.15, 0.2) is 16.8 Å². The third-order valence-electron chi connectivity index (χ3n) is 2.26. The summed E-state index contributed by atoms with van der Waals surface area (Å²) in [5.74, 6) is 1.27. The maximum Gasteiger partial charge on any atom is 0.223 e. The number of hydrogen-bond donors (Lipinski definition) is 1. The highest BCUT2D eigenvalue weighted by Crippen LogP contribution is 1.99. The van der Waals surface area contributed by atoms with E-state index < -0.39 is 0 Å². The Morgan fingerprint density at radius 1 is 1.44 bits per heavy atom. The molecule has 2 aromatic heterocycles. The quantitative estimate of drug-likeness (QED) is 0.811. The summed E-state index contributed by atoms with van der Waals surface area (Å²) in [6.45, 7) is 6.08. The first-order valence-corrected chi connectivity index (χ1v) is 5.30. The normalized spacial score (nSPS) is 10.9. The lowest BCUT2D eigenvalue weighted by Crippen LogP contribution is -2.16. The molecule has 0 saturated heterocycles. The van der Waals surface area contributed by atoms with Gasteiger partial charge in [-0.25, -0.2) is 0 Å². The smallest absolute Gasteiger partial charge is 0.223 e. The molecule has 6 nitrogen and oxygen atoms in total. The maximum absolute atomic E-state index is 4.88. The summed E-state index contributed by atoms with van der Waals surface area (Å²) in [6, 6.07) is 2.00. The molecule has 0 saturated carbocycles. The summed E-state index contributed by atoms with van der Waals surface area (Å²) >= 11 is 0. The standard InChI is InChI=1S/C10H15N5O/c1-3-15-9(4-5-12-15)6-11-7-10-13-8(2)16-14-10/h4-5,11H,3,6-7H2,1-2H3. The van der Waals surface area contributed by atoms with Crippen LogP contribution in [0.3, 0.4) is 0 Å². The zero-order valence-electron chi connectivity index (χ0n) is 9.47. The van der Waals surface area contributed by atoms with Gasteiger partial charge in [-0.2, -0.15) is 10.1 Å². The van der Waals surface area contributed by atoms with E-state index in [1.165, 1.54) is 0 Å². The Kier molecular flexibility index (Phi) is 3.31. The van der Waals surface area contributed by atoms with Gasteiger partial charge in [0, 0.05) is 26.2 Å². The van der Waals surface area contributed by atoms with Crippen LogP contribution in [0.25, 0.3) is 0 Å². The molecule has 2 heterocycles. The molecule has 16 heavy (non-hydrogen) atoms. The van der Waals surface area contributed by atoms with Gasteiger partial charge in [0.25, 0.3) is 0 Å². The molecule has 0 fully saturated rings. The van der Waals surface area contributed by atoms with Crippen LogP contribution in [0.4, 0.5) is 0 Å². The first-order valence-electron chi connectivity index (χ1n) is 5.30. The second-order valence-corrected chi connectivity index (χ2v) is 3.47. The van der Waals surface area contributed by atoms with Crippen molar-refractivity contribution in [3.8, 4) is 0 Å². The number of nitrogens with one attached hydrogen (secondary N) is 1. The summed E-state index contributed by atoms with van der Waals surface area (Å²) in [4.78, 5) is 4.11. The Hall–Kier alpha value is -1.69. The van der Waals surface area contributed by atoms with E-state index in [-0.39, 0.29) is 0 Å². The average Bonchev–Trinajstić information content (AvgIpc) is 2.87. The molecule has 0 spiro atoms. The van der Waals surface area contributed by atoms with Crippen molar-refractivity contribution >= 4 is 0 Å². The lowest BCUT2D eigenvalue weighted by Gasteiger charge is -2.04. The minimum absolute atomic E-state index is 0.593. The van der Waals surface area contributed by atoms with Crippen LogP contribution >= 0.6 is 0 Å². The van der Waals surface area contributed by atoms with E-state index in [1.807, 2.05) is 10.7 Å². The van der Waals surface area contributed by atoms with Gasteiger partial charge in [0.15, 0.2) is 5.82 Å².